The maximum atomic E-state index is 12.1. The molecule has 0 aromatic carbocycles. The van der Waals surface area contributed by atoms with Crippen molar-refractivity contribution in [3.05, 3.63) is 60.2 Å². The molecule has 1 unspecified atom stereocenters. The Hall–Kier alpha value is -2.38. The Bertz CT molecular complexity index is 695. The van der Waals surface area contributed by atoms with E-state index in [2.05, 4.69) is 31.8 Å². The van der Waals surface area contributed by atoms with Gasteiger partial charge in [-0.15, -0.1) is 0 Å². The van der Waals surface area contributed by atoms with Crippen LogP contribution in [0.3, 0.4) is 0 Å². The van der Waals surface area contributed by atoms with E-state index >= 15 is 0 Å². The third-order valence-electron chi connectivity index (χ3n) is 3.97. The molecule has 7 heteroatoms. The van der Waals surface area contributed by atoms with Gasteiger partial charge in [0.05, 0.1) is 11.6 Å². The fraction of sp³-hybridized carbons (Fsp3) is 0.294. The van der Waals surface area contributed by atoms with Crippen LogP contribution in [0.2, 0.25) is 0 Å². The van der Waals surface area contributed by atoms with E-state index in [-0.39, 0.29) is 11.9 Å². The normalized spacial score (nSPS) is 17.9. The lowest BCUT2D eigenvalue weighted by Gasteiger charge is -2.36. The summed E-state index contributed by atoms with van der Waals surface area (Å²) in [6.45, 7) is 0.864. The number of piperidine rings is 1. The Labute approximate surface area is 146 Å². The van der Waals surface area contributed by atoms with Gasteiger partial charge in [0, 0.05) is 31.3 Å². The summed E-state index contributed by atoms with van der Waals surface area (Å²) in [6, 6.07) is 7.61. The van der Waals surface area contributed by atoms with Crippen LogP contribution in [0.1, 0.15) is 41.2 Å². The van der Waals surface area contributed by atoms with Crippen molar-refractivity contribution in [1.29, 1.82) is 0 Å². The molecule has 1 amide bonds. The second-order valence-corrected chi connectivity index (χ2v) is 6.04. The lowest BCUT2D eigenvalue weighted by atomic mass is 9.98. The second-order valence-electron chi connectivity index (χ2n) is 5.63. The minimum Gasteiger partial charge on any atom is -0.298 e. The summed E-state index contributed by atoms with van der Waals surface area (Å²) < 4.78 is 0. The molecule has 2 aromatic rings. The zero-order valence-electron chi connectivity index (χ0n) is 13.2. The van der Waals surface area contributed by atoms with E-state index < -0.39 is 0 Å². The summed E-state index contributed by atoms with van der Waals surface area (Å²) in [5.41, 5.74) is 4.77. The lowest BCUT2D eigenvalue weighted by Crippen LogP contribution is -2.51. The van der Waals surface area contributed by atoms with Gasteiger partial charge in [0.25, 0.3) is 5.91 Å². The third kappa shape index (κ3) is 4.12. The van der Waals surface area contributed by atoms with Gasteiger partial charge in [-0.2, -0.15) is 0 Å². The largest absolute Gasteiger partial charge is 0.298 e. The number of nitrogens with zero attached hydrogens (tertiary/aromatic N) is 3. The van der Waals surface area contributed by atoms with Crippen molar-refractivity contribution in [3.63, 3.8) is 0 Å². The number of hydrazine groups is 1. The highest BCUT2D eigenvalue weighted by atomic mass is 32.1. The first-order valence-electron chi connectivity index (χ1n) is 7.92. The summed E-state index contributed by atoms with van der Waals surface area (Å²) in [7, 11) is 0. The first kappa shape index (κ1) is 16.5. The van der Waals surface area contributed by atoms with Crippen molar-refractivity contribution >= 4 is 23.2 Å². The molecule has 1 saturated heterocycles. The van der Waals surface area contributed by atoms with E-state index in [0.717, 1.165) is 31.4 Å². The number of aromatic nitrogens is 2. The van der Waals surface area contributed by atoms with Crippen LogP contribution in [0.5, 0.6) is 0 Å². The molecule has 0 bridgehead atoms. The Balaban J connectivity index is 1.63. The highest BCUT2D eigenvalue weighted by molar-refractivity contribution is 7.80. The zero-order chi connectivity index (χ0) is 16.8. The molecule has 2 N–H and O–H groups in total. The third-order valence-corrected chi connectivity index (χ3v) is 4.16. The molecule has 1 atom stereocenters. The van der Waals surface area contributed by atoms with Gasteiger partial charge < -0.3 is 0 Å². The highest BCUT2D eigenvalue weighted by Gasteiger charge is 2.25. The van der Waals surface area contributed by atoms with Crippen molar-refractivity contribution in [1.82, 2.24) is 25.7 Å². The van der Waals surface area contributed by atoms with E-state index in [1.165, 1.54) is 6.20 Å². The average molecular weight is 341 g/mol. The monoisotopic (exact) mass is 341 g/mol. The average Bonchev–Trinajstić information content (AvgIpc) is 2.63. The summed E-state index contributed by atoms with van der Waals surface area (Å²) in [5.74, 6) is -0.268. The molecule has 1 fully saturated rings. The van der Waals surface area contributed by atoms with E-state index in [1.807, 2.05) is 12.3 Å². The second kappa shape index (κ2) is 7.94. The molecule has 6 nitrogen and oxygen atoms in total. The molecule has 0 radical (unpaired) electrons. The van der Waals surface area contributed by atoms with Gasteiger partial charge in [0.1, 0.15) is 0 Å². The fourth-order valence-corrected chi connectivity index (χ4v) is 3.03. The quantitative estimate of drug-likeness (QED) is 0.834. The smallest absolute Gasteiger partial charge is 0.259 e. The zero-order valence-corrected chi connectivity index (χ0v) is 14.0. The lowest BCUT2D eigenvalue weighted by molar-refractivity contribution is 0.0957. The number of pyridine rings is 2. The van der Waals surface area contributed by atoms with Crippen LogP contribution >= 0.6 is 12.2 Å². The summed E-state index contributed by atoms with van der Waals surface area (Å²) in [4.78, 5) is 20.3. The van der Waals surface area contributed by atoms with Crippen LogP contribution in [-0.2, 0) is 0 Å². The van der Waals surface area contributed by atoms with Crippen molar-refractivity contribution in [2.75, 3.05) is 6.54 Å². The molecule has 1 aliphatic rings. The van der Waals surface area contributed by atoms with E-state index in [4.69, 9.17) is 12.2 Å². The Morgan fingerprint density at radius 1 is 1.17 bits per heavy atom. The van der Waals surface area contributed by atoms with Gasteiger partial charge >= 0.3 is 0 Å². The van der Waals surface area contributed by atoms with Crippen molar-refractivity contribution in [2.24, 2.45) is 0 Å². The first-order chi connectivity index (χ1) is 11.7. The standard InChI is InChI=1S/C17H19N5OS/c23-16(14-6-4-9-19-12-14)20-17(24)21-22-10-2-1-7-15(22)13-5-3-8-18-11-13/h3-6,8-9,11-12,15H,1-2,7,10H2,(H2,20,21,23,24). The van der Waals surface area contributed by atoms with Crippen molar-refractivity contribution < 1.29 is 4.79 Å². The van der Waals surface area contributed by atoms with Crippen molar-refractivity contribution in [2.45, 2.75) is 25.3 Å². The Kier molecular flexibility index (Phi) is 5.45. The molecular weight excluding hydrogens is 322 g/mol. The molecule has 1 aliphatic heterocycles. The van der Waals surface area contributed by atoms with Gasteiger partial charge in [0.15, 0.2) is 5.11 Å². The van der Waals surface area contributed by atoms with Crippen LogP contribution in [0, 0.1) is 0 Å². The van der Waals surface area contributed by atoms with E-state index in [1.54, 1.807) is 24.5 Å². The van der Waals surface area contributed by atoms with Gasteiger partial charge in [-0.25, -0.2) is 5.01 Å². The minimum atomic E-state index is -0.268. The van der Waals surface area contributed by atoms with Crippen LogP contribution < -0.4 is 10.7 Å². The molecule has 0 aliphatic carbocycles. The number of carbonyl (C=O) groups excluding carboxylic acids is 1. The Morgan fingerprint density at radius 2 is 1.96 bits per heavy atom. The van der Waals surface area contributed by atoms with Crippen LogP contribution in [-0.4, -0.2) is 32.5 Å². The maximum Gasteiger partial charge on any atom is 0.259 e. The summed E-state index contributed by atoms with van der Waals surface area (Å²) >= 11 is 5.29. The molecule has 0 saturated carbocycles. The predicted octanol–water partition coefficient (Wildman–Crippen LogP) is 2.22. The molecule has 124 valence electrons. The highest BCUT2D eigenvalue weighted by Crippen LogP contribution is 2.28. The summed E-state index contributed by atoms with van der Waals surface area (Å²) in [6.07, 6.45) is 10.1. The number of carbonyl (C=O) groups is 1. The topological polar surface area (TPSA) is 70.2 Å². The van der Waals surface area contributed by atoms with Crippen LogP contribution in [0.25, 0.3) is 0 Å². The van der Waals surface area contributed by atoms with Crippen LogP contribution in [0.15, 0.2) is 49.1 Å². The predicted molar refractivity (Wildman–Crippen MR) is 95.0 cm³/mol. The molecule has 2 aromatic heterocycles. The number of thiocarbonyl (C=S) groups is 1. The van der Waals surface area contributed by atoms with Gasteiger partial charge in [-0.3, -0.25) is 25.5 Å². The Morgan fingerprint density at radius 3 is 2.67 bits per heavy atom. The molecular formula is C17H19N5OS. The molecule has 3 heterocycles. The van der Waals surface area contributed by atoms with Crippen molar-refractivity contribution in [3.8, 4) is 0 Å². The van der Waals surface area contributed by atoms with Gasteiger partial charge in [0.2, 0.25) is 0 Å². The minimum absolute atomic E-state index is 0.195. The molecule has 0 spiro atoms. The van der Waals surface area contributed by atoms with Gasteiger partial charge in [-0.1, -0.05) is 12.5 Å². The maximum absolute atomic E-state index is 12.1. The number of hydrogen-bond acceptors (Lipinski definition) is 5. The molecule has 24 heavy (non-hydrogen) atoms. The van der Waals surface area contributed by atoms with Crippen LogP contribution in [0.4, 0.5) is 0 Å². The summed E-state index contributed by atoms with van der Waals surface area (Å²) in [5, 5.41) is 5.07. The number of nitrogens with one attached hydrogen (secondary N) is 2. The molecule has 3 rings (SSSR count). The first-order valence-corrected chi connectivity index (χ1v) is 8.33. The SMILES string of the molecule is O=C(NC(=S)NN1CCCCC1c1cccnc1)c1cccnc1. The van der Waals surface area contributed by atoms with E-state index in [9.17, 15) is 4.79 Å². The number of rotatable bonds is 3. The van der Waals surface area contributed by atoms with E-state index in [0.29, 0.717) is 10.7 Å². The van der Waals surface area contributed by atoms with Gasteiger partial charge in [-0.05, 0) is 48.8 Å². The number of amides is 1. The fourth-order valence-electron chi connectivity index (χ4n) is 2.82. The number of hydrogen-bond donors (Lipinski definition) is 2.